The summed E-state index contributed by atoms with van der Waals surface area (Å²) >= 11 is 0. The van der Waals surface area contributed by atoms with Gasteiger partial charge in [-0.05, 0) is 38.1 Å². The standard InChI is InChI=1S/C12H11N3O2/c1-12(2)10(16)15(11(17)14-12)9-5-3-8(7-13)4-6-9/h3-6H,1-2H3,(H,14,17). The van der Waals surface area contributed by atoms with Crippen molar-refractivity contribution in [3.63, 3.8) is 0 Å². The highest BCUT2D eigenvalue weighted by Gasteiger charge is 2.44. The zero-order valence-corrected chi connectivity index (χ0v) is 9.52. The average Bonchev–Trinajstić information content (AvgIpc) is 2.49. The number of amides is 3. The molecule has 5 heteroatoms. The molecule has 1 aliphatic heterocycles. The van der Waals surface area contributed by atoms with Crippen LogP contribution in [0.2, 0.25) is 0 Å². The Balaban J connectivity index is 2.38. The molecule has 0 saturated carbocycles. The summed E-state index contributed by atoms with van der Waals surface area (Å²) in [6.07, 6.45) is 0. The summed E-state index contributed by atoms with van der Waals surface area (Å²) in [7, 11) is 0. The van der Waals surface area contributed by atoms with Crippen LogP contribution in [-0.2, 0) is 4.79 Å². The number of rotatable bonds is 1. The number of anilines is 1. The minimum atomic E-state index is -0.884. The van der Waals surface area contributed by atoms with Crippen molar-refractivity contribution in [3.05, 3.63) is 29.8 Å². The van der Waals surface area contributed by atoms with Crippen molar-refractivity contribution < 1.29 is 9.59 Å². The smallest absolute Gasteiger partial charge is 0.323 e. The van der Waals surface area contributed by atoms with Crippen LogP contribution in [0.15, 0.2) is 24.3 Å². The maximum atomic E-state index is 12.0. The number of nitrogens with zero attached hydrogens (tertiary/aromatic N) is 2. The first-order valence-electron chi connectivity index (χ1n) is 5.12. The van der Waals surface area contributed by atoms with Gasteiger partial charge in [-0.15, -0.1) is 0 Å². The van der Waals surface area contributed by atoms with Crippen LogP contribution in [-0.4, -0.2) is 17.5 Å². The molecule has 1 saturated heterocycles. The maximum Gasteiger partial charge on any atom is 0.329 e. The van der Waals surface area contributed by atoms with E-state index in [0.29, 0.717) is 11.3 Å². The van der Waals surface area contributed by atoms with Crippen molar-refractivity contribution in [2.45, 2.75) is 19.4 Å². The van der Waals surface area contributed by atoms with Gasteiger partial charge >= 0.3 is 6.03 Å². The quantitative estimate of drug-likeness (QED) is 0.739. The largest absolute Gasteiger partial charge is 0.329 e. The Hall–Kier alpha value is -2.35. The minimum absolute atomic E-state index is 0.299. The van der Waals surface area contributed by atoms with Gasteiger partial charge in [0.25, 0.3) is 5.91 Å². The first-order valence-corrected chi connectivity index (χ1v) is 5.12. The predicted octanol–water partition coefficient (Wildman–Crippen LogP) is 1.39. The molecule has 86 valence electrons. The van der Waals surface area contributed by atoms with E-state index in [1.54, 1.807) is 38.1 Å². The molecule has 0 unspecified atom stereocenters. The van der Waals surface area contributed by atoms with E-state index in [9.17, 15) is 9.59 Å². The number of hydrogen-bond donors (Lipinski definition) is 1. The van der Waals surface area contributed by atoms with Crippen LogP contribution >= 0.6 is 0 Å². The molecular weight excluding hydrogens is 218 g/mol. The van der Waals surface area contributed by atoms with Crippen molar-refractivity contribution in [3.8, 4) is 6.07 Å². The van der Waals surface area contributed by atoms with Crippen LogP contribution in [0.1, 0.15) is 19.4 Å². The summed E-state index contributed by atoms with van der Waals surface area (Å²) in [6.45, 7) is 3.30. The number of carbonyl (C=O) groups excluding carboxylic acids is 2. The third-order valence-electron chi connectivity index (χ3n) is 2.61. The van der Waals surface area contributed by atoms with Gasteiger partial charge in [0.15, 0.2) is 0 Å². The van der Waals surface area contributed by atoms with E-state index in [1.165, 1.54) is 0 Å². The van der Waals surface area contributed by atoms with Crippen molar-refractivity contribution in [2.24, 2.45) is 0 Å². The Kier molecular flexibility index (Phi) is 2.36. The lowest BCUT2D eigenvalue weighted by Crippen LogP contribution is -2.40. The maximum absolute atomic E-state index is 12.0. The molecule has 2 rings (SSSR count). The van der Waals surface area contributed by atoms with E-state index in [2.05, 4.69) is 5.32 Å². The van der Waals surface area contributed by atoms with Gasteiger partial charge in [-0.1, -0.05) is 0 Å². The van der Waals surface area contributed by atoms with Gasteiger partial charge in [0.2, 0.25) is 0 Å². The van der Waals surface area contributed by atoms with Crippen molar-refractivity contribution in [2.75, 3.05) is 4.90 Å². The van der Waals surface area contributed by atoms with Crippen molar-refractivity contribution in [1.82, 2.24) is 5.32 Å². The first kappa shape index (κ1) is 11.1. The normalized spacial score (nSPS) is 17.8. The van der Waals surface area contributed by atoms with Gasteiger partial charge in [0, 0.05) is 0 Å². The lowest BCUT2D eigenvalue weighted by molar-refractivity contribution is -0.120. The fraction of sp³-hybridized carbons (Fsp3) is 0.250. The second kappa shape index (κ2) is 3.59. The van der Waals surface area contributed by atoms with E-state index in [-0.39, 0.29) is 5.91 Å². The molecule has 0 atom stereocenters. The molecule has 0 aromatic heterocycles. The highest BCUT2D eigenvalue weighted by molar-refractivity contribution is 6.22. The zero-order valence-electron chi connectivity index (χ0n) is 9.52. The molecule has 17 heavy (non-hydrogen) atoms. The number of nitrogens with one attached hydrogen (secondary N) is 1. The third kappa shape index (κ3) is 1.74. The summed E-state index contributed by atoms with van der Waals surface area (Å²) in [5, 5.41) is 11.3. The zero-order chi connectivity index (χ0) is 12.6. The molecule has 1 N–H and O–H groups in total. The van der Waals surface area contributed by atoms with E-state index < -0.39 is 11.6 Å². The van der Waals surface area contributed by atoms with Crippen LogP contribution in [0.5, 0.6) is 0 Å². The van der Waals surface area contributed by atoms with E-state index in [4.69, 9.17) is 5.26 Å². The summed E-state index contributed by atoms with van der Waals surface area (Å²) in [5.74, 6) is -0.299. The van der Waals surface area contributed by atoms with Gasteiger partial charge in [-0.25, -0.2) is 9.69 Å². The van der Waals surface area contributed by atoms with Crippen LogP contribution in [0.25, 0.3) is 0 Å². The fourth-order valence-electron chi connectivity index (χ4n) is 1.67. The second-order valence-electron chi connectivity index (χ2n) is 4.35. The lowest BCUT2D eigenvalue weighted by atomic mass is 10.1. The molecule has 1 fully saturated rings. The molecule has 3 amide bonds. The summed E-state index contributed by atoms with van der Waals surface area (Å²) in [4.78, 5) is 24.7. The van der Waals surface area contributed by atoms with Gasteiger partial charge in [-0.3, -0.25) is 4.79 Å². The molecule has 1 aliphatic rings. The Morgan fingerprint density at radius 3 is 2.24 bits per heavy atom. The lowest BCUT2D eigenvalue weighted by Gasteiger charge is -2.15. The third-order valence-corrected chi connectivity index (χ3v) is 2.61. The van der Waals surface area contributed by atoms with Crippen LogP contribution in [0, 0.1) is 11.3 Å². The Morgan fingerprint density at radius 2 is 1.82 bits per heavy atom. The van der Waals surface area contributed by atoms with Crippen LogP contribution in [0.3, 0.4) is 0 Å². The molecule has 1 aromatic carbocycles. The Morgan fingerprint density at radius 1 is 1.24 bits per heavy atom. The highest BCUT2D eigenvalue weighted by atomic mass is 16.2. The summed E-state index contributed by atoms with van der Waals surface area (Å²) in [5.41, 5.74) is 0.0717. The predicted molar refractivity (Wildman–Crippen MR) is 61.3 cm³/mol. The van der Waals surface area contributed by atoms with Gasteiger partial charge in [0.1, 0.15) is 5.54 Å². The van der Waals surface area contributed by atoms with Crippen LogP contribution in [0.4, 0.5) is 10.5 Å². The topological polar surface area (TPSA) is 73.2 Å². The first-order chi connectivity index (χ1) is 7.95. The van der Waals surface area contributed by atoms with E-state index >= 15 is 0 Å². The second-order valence-corrected chi connectivity index (χ2v) is 4.35. The number of imide groups is 1. The number of carbonyl (C=O) groups is 2. The van der Waals surface area contributed by atoms with Crippen molar-refractivity contribution in [1.29, 1.82) is 5.26 Å². The van der Waals surface area contributed by atoms with Gasteiger partial charge in [0.05, 0.1) is 17.3 Å². The number of nitriles is 1. The highest BCUT2D eigenvalue weighted by Crippen LogP contribution is 2.24. The molecule has 0 radical (unpaired) electrons. The van der Waals surface area contributed by atoms with Crippen molar-refractivity contribution >= 4 is 17.6 Å². The number of hydrogen-bond acceptors (Lipinski definition) is 3. The fourth-order valence-corrected chi connectivity index (χ4v) is 1.67. The minimum Gasteiger partial charge on any atom is -0.323 e. The molecule has 1 heterocycles. The average molecular weight is 229 g/mol. The Bertz CT molecular complexity index is 526. The molecule has 5 nitrogen and oxygen atoms in total. The van der Waals surface area contributed by atoms with Gasteiger partial charge < -0.3 is 5.32 Å². The monoisotopic (exact) mass is 229 g/mol. The van der Waals surface area contributed by atoms with E-state index in [0.717, 1.165) is 4.90 Å². The Labute approximate surface area is 98.6 Å². The van der Waals surface area contributed by atoms with E-state index in [1.807, 2.05) is 6.07 Å². The molecule has 1 aromatic rings. The summed E-state index contributed by atoms with van der Waals surface area (Å²) < 4.78 is 0. The SMILES string of the molecule is CC1(C)NC(=O)N(c2ccc(C#N)cc2)C1=O. The molecule has 0 bridgehead atoms. The molecular formula is C12H11N3O2. The number of benzene rings is 1. The van der Waals surface area contributed by atoms with Crippen LogP contribution < -0.4 is 10.2 Å². The molecule has 0 spiro atoms. The number of urea groups is 1. The summed E-state index contributed by atoms with van der Waals surface area (Å²) in [6, 6.07) is 7.84. The van der Waals surface area contributed by atoms with Gasteiger partial charge in [-0.2, -0.15) is 5.26 Å². The molecule has 0 aliphatic carbocycles.